The van der Waals surface area contributed by atoms with Gasteiger partial charge in [0.2, 0.25) is 5.91 Å². The van der Waals surface area contributed by atoms with Crippen LogP contribution in [0.4, 0.5) is 0 Å². The fraction of sp³-hybridized carbons (Fsp3) is 0.190. The minimum Gasteiger partial charge on any atom is -0.492 e. The van der Waals surface area contributed by atoms with Crippen molar-refractivity contribution in [1.29, 1.82) is 0 Å². The van der Waals surface area contributed by atoms with Crippen molar-refractivity contribution in [2.24, 2.45) is 0 Å². The molecule has 156 valence electrons. The van der Waals surface area contributed by atoms with Crippen molar-refractivity contribution in [3.8, 4) is 5.75 Å². The van der Waals surface area contributed by atoms with Crippen LogP contribution in [0.5, 0.6) is 5.75 Å². The first-order valence-electron chi connectivity index (χ1n) is 9.09. The Morgan fingerprint density at radius 2 is 2.03 bits per heavy atom. The number of carbonyl (C=O) groups is 2. The molecule has 0 radical (unpaired) electrons. The highest BCUT2D eigenvalue weighted by atomic mass is 79.9. The van der Waals surface area contributed by atoms with Gasteiger partial charge >= 0.3 is 0 Å². The van der Waals surface area contributed by atoms with Crippen molar-refractivity contribution in [3.63, 3.8) is 0 Å². The number of carbonyl (C=O) groups excluding carboxylic acids is 2. The molecule has 5 nitrogen and oxygen atoms in total. The van der Waals surface area contributed by atoms with Crippen LogP contribution in [0.3, 0.4) is 0 Å². The maximum absolute atomic E-state index is 12.0. The number of rotatable bonds is 8. The third-order valence-electron chi connectivity index (χ3n) is 4.10. The van der Waals surface area contributed by atoms with Gasteiger partial charge in [-0.25, -0.2) is 0 Å². The van der Waals surface area contributed by atoms with Crippen molar-refractivity contribution in [2.45, 2.75) is 19.4 Å². The van der Waals surface area contributed by atoms with E-state index in [9.17, 15) is 9.59 Å². The fourth-order valence-corrected chi connectivity index (χ4v) is 4.28. The second kappa shape index (κ2) is 10.9. The molecule has 0 unspecified atom stereocenters. The lowest BCUT2D eigenvalue weighted by molar-refractivity contribution is -0.121. The zero-order valence-electron chi connectivity index (χ0n) is 15.7. The lowest BCUT2D eigenvalue weighted by Gasteiger charge is -2.09. The second-order valence-electron chi connectivity index (χ2n) is 6.40. The van der Waals surface area contributed by atoms with Gasteiger partial charge in [0, 0.05) is 18.0 Å². The van der Waals surface area contributed by atoms with Crippen molar-refractivity contribution >= 4 is 73.7 Å². The smallest absolute Gasteiger partial charge is 0.263 e. The highest BCUT2D eigenvalue weighted by molar-refractivity contribution is 9.10. The summed E-state index contributed by atoms with van der Waals surface area (Å²) in [5.41, 5.74) is 1.86. The Hall–Kier alpha value is -1.87. The van der Waals surface area contributed by atoms with Gasteiger partial charge in [-0.1, -0.05) is 53.8 Å². The first-order chi connectivity index (χ1) is 14.4. The molecule has 0 atom stereocenters. The highest BCUT2D eigenvalue weighted by Gasteiger charge is 2.22. The summed E-state index contributed by atoms with van der Waals surface area (Å²) in [4.78, 5) is 24.3. The average Bonchev–Trinajstić information content (AvgIpc) is 3.03. The molecular formula is C21H18BrClN2O3S2. The molecule has 0 spiro atoms. The summed E-state index contributed by atoms with van der Waals surface area (Å²) >= 11 is 15.6. The Balaban J connectivity index is 1.42. The normalized spacial score (nSPS) is 14.7. The topological polar surface area (TPSA) is 67.4 Å². The summed E-state index contributed by atoms with van der Waals surface area (Å²) in [6, 6.07) is 12.9. The van der Waals surface area contributed by atoms with Gasteiger partial charge in [-0.15, -0.1) is 0 Å². The molecule has 9 heteroatoms. The van der Waals surface area contributed by atoms with E-state index >= 15 is 0 Å². The van der Waals surface area contributed by atoms with E-state index in [-0.39, 0.29) is 11.8 Å². The minimum atomic E-state index is -0.184. The fourth-order valence-electron chi connectivity index (χ4n) is 2.60. The zero-order chi connectivity index (χ0) is 21.5. The first kappa shape index (κ1) is 22.8. The molecule has 2 aromatic carbocycles. The molecule has 1 aliphatic rings. The summed E-state index contributed by atoms with van der Waals surface area (Å²) in [5, 5.41) is 6.14. The van der Waals surface area contributed by atoms with Crippen molar-refractivity contribution in [2.75, 3.05) is 6.61 Å². The molecule has 0 bridgehead atoms. The van der Waals surface area contributed by atoms with Gasteiger partial charge in [-0.05, 0) is 63.8 Å². The zero-order valence-corrected chi connectivity index (χ0v) is 19.7. The van der Waals surface area contributed by atoms with Gasteiger partial charge in [-0.2, -0.15) is 0 Å². The molecule has 2 amide bonds. The maximum Gasteiger partial charge on any atom is 0.263 e. The number of hydrogen-bond acceptors (Lipinski definition) is 5. The van der Waals surface area contributed by atoms with E-state index in [4.69, 9.17) is 28.6 Å². The van der Waals surface area contributed by atoms with E-state index in [0.29, 0.717) is 46.0 Å². The molecule has 2 aromatic rings. The third-order valence-corrected chi connectivity index (χ3v) is 6.14. The molecule has 2 N–H and O–H groups in total. The molecule has 3 rings (SSSR count). The van der Waals surface area contributed by atoms with Crippen LogP contribution >= 0.6 is 51.5 Å². The molecule has 1 heterocycles. The highest BCUT2D eigenvalue weighted by Crippen LogP contribution is 2.30. The quantitative estimate of drug-likeness (QED) is 0.286. The number of nitrogens with one attached hydrogen (secondary N) is 2. The first-order valence-corrected chi connectivity index (χ1v) is 11.5. The van der Waals surface area contributed by atoms with E-state index in [1.165, 1.54) is 11.8 Å². The van der Waals surface area contributed by atoms with Crippen LogP contribution < -0.4 is 15.4 Å². The van der Waals surface area contributed by atoms with Gasteiger partial charge in [0.1, 0.15) is 10.1 Å². The van der Waals surface area contributed by atoms with E-state index in [2.05, 4.69) is 26.6 Å². The standard InChI is InChI=1S/C21H18BrClN2O3S2/c22-16-10-14(11-18-20(27)25-21(29)30-18)5-8-17(16)28-9-1-2-19(26)24-12-13-3-6-15(23)7-4-13/h3-8,10-11H,1-2,9,12H2,(H,24,26)(H,25,27,29). The van der Waals surface area contributed by atoms with Crippen molar-refractivity contribution in [1.82, 2.24) is 10.6 Å². The number of thioether (sulfide) groups is 1. The number of thiocarbonyl (C=S) groups is 1. The van der Waals surface area contributed by atoms with Gasteiger partial charge in [-0.3, -0.25) is 9.59 Å². The van der Waals surface area contributed by atoms with E-state index in [1.54, 1.807) is 18.2 Å². The van der Waals surface area contributed by atoms with Gasteiger partial charge in [0.15, 0.2) is 0 Å². The molecule has 0 aliphatic carbocycles. The summed E-state index contributed by atoms with van der Waals surface area (Å²) in [6.07, 6.45) is 2.75. The van der Waals surface area contributed by atoms with Crippen LogP contribution in [0.2, 0.25) is 5.02 Å². The lowest BCUT2D eigenvalue weighted by atomic mass is 10.2. The van der Waals surface area contributed by atoms with Crippen LogP contribution in [-0.2, 0) is 16.1 Å². The molecular weight excluding hydrogens is 508 g/mol. The van der Waals surface area contributed by atoms with E-state index < -0.39 is 0 Å². The van der Waals surface area contributed by atoms with Crippen molar-refractivity contribution < 1.29 is 14.3 Å². The number of benzene rings is 2. The van der Waals surface area contributed by atoms with Gasteiger partial charge < -0.3 is 15.4 Å². The molecule has 1 fully saturated rings. The second-order valence-corrected chi connectivity index (χ2v) is 9.41. The summed E-state index contributed by atoms with van der Waals surface area (Å²) in [7, 11) is 0. The van der Waals surface area contributed by atoms with Crippen LogP contribution in [0, 0.1) is 0 Å². The Morgan fingerprint density at radius 3 is 2.70 bits per heavy atom. The summed E-state index contributed by atoms with van der Waals surface area (Å²) < 4.78 is 6.99. The average molecular weight is 526 g/mol. The van der Waals surface area contributed by atoms with Crippen LogP contribution in [0.25, 0.3) is 6.08 Å². The van der Waals surface area contributed by atoms with E-state index in [1.807, 2.05) is 30.3 Å². The molecule has 0 aromatic heterocycles. The third kappa shape index (κ3) is 6.84. The SMILES string of the molecule is O=C(CCCOc1ccc(C=C2SC(=S)NC2=O)cc1Br)NCc1ccc(Cl)cc1. The molecule has 0 saturated carbocycles. The van der Waals surface area contributed by atoms with Crippen LogP contribution in [0.15, 0.2) is 51.8 Å². The molecule has 1 aliphatic heterocycles. The Morgan fingerprint density at radius 1 is 1.27 bits per heavy atom. The summed E-state index contributed by atoms with van der Waals surface area (Å²) in [6.45, 7) is 0.889. The predicted molar refractivity (Wildman–Crippen MR) is 128 cm³/mol. The monoisotopic (exact) mass is 524 g/mol. The van der Waals surface area contributed by atoms with Crippen LogP contribution in [-0.4, -0.2) is 22.7 Å². The maximum atomic E-state index is 12.0. The Kier molecular flexibility index (Phi) is 8.32. The molecule has 1 saturated heterocycles. The molecule has 30 heavy (non-hydrogen) atoms. The Bertz CT molecular complexity index is 996. The number of ether oxygens (including phenoxy) is 1. The van der Waals surface area contributed by atoms with E-state index in [0.717, 1.165) is 15.6 Å². The lowest BCUT2D eigenvalue weighted by Crippen LogP contribution is -2.22. The van der Waals surface area contributed by atoms with Crippen molar-refractivity contribution in [3.05, 3.63) is 68.0 Å². The van der Waals surface area contributed by atoms with Crippen LogP contribution in [0.1, 0.15) is 24.0 Å². The largest absolute Gasteiger partial charge is 0.492 e. The van der Waals surface area contributed by atoms with Gasteiger partial charge in [0.25, 0.3) is 5.91 Å². The number of halogens is 2. The van der Waals surface area contributed by atoms with Gasteiger partial charge in [0.05, 0.1) is 16.0 Å². The Labute approximate surface area is 197 Å². The number of amides is 2. The minimum absolute atomic E-state index is 0.0279. The predicted octanol–water partition coefficient (Wildman–Crippen LogP) is 5.07. The number of hydrogen-bond donors (Lipinski definition) is 2. The summed E-state index contributed by atoms with van der Waals surface area (Å²) in [5.74, 6) is 0.466.